The average Bonchev–Trinajstić information content (AvgIpc) is 3.51. The van der Waals surface area contributed by atoms with Crippen LogP contribution in [0.2, 0.25) is 0 Å². The molecule has 1 amide bonds. The molecule has 0 unspecified atom stereocenters. The summed E-state index contributed by atoms with van der Waals surface area (Å²) >= 11 is 1.50. The molecule has 1 saturated carbocycles. The number of fused-ring (bicyclic) bond motifs is 1. The van der Waals surface area contributed by atoms with Crippen LogP contribution in [-0.4, -0.2) is 42.9 Å². The first kappa shape index (κ1) is 17.4. The summed E-state index contributed by atoms with van der Waals surface area (Å²) in [5, 5.41) is 9.63. The molecule has 0 spiro atoms. The zero-order valence-corrected chi connectivity index (χ0v) is 16.3. The third-order valence-electron chi connectivity index (χ3n) is 5.32. The number of rotatable bonds is 5. The van der Waals surface area contributed by atoms with E-state index in [-0.39, 0.29) is 5.91 Å². The molecule has 3 heterocycles. The maximum atomic E-state index is 12.8. The van der Waals surface area contributed by atoms with Gasteiger partial charge in [-0.05, 0) is 42.5 Å². The van der Waals surface area contributed by atoms with Crippen molar-refractivity contribution in [1.82, 2.24) is 24.6 Å². The van der Waals surface area contributed by atoms with Crippen LogP contribution in [0.4, 0.5) is 0 Å². The molecular weight excluding hydrogens is 370 g/mol. The fourth-order valence-corrected chi connectivity index (χ4v) is 4.57. The van der Waals surface area contributed by atoms with Crippen LogP contribution in [0.5, 0.6) is 0 Å². The lowest BCUT2D eigenvalue weighted by Gasteiger charge is -2.28. The van der Waals surface area contributed by atoms with Gasteiger partial charge >= 0.3 is 0 Å². The van der Waals surface area contributed by atoms with Crippen LogP contribution >= 0.6 is 11.8 Å². The maximum absolute atomic E-state index is 12.8. The lowest BCUT2D eigenvalue weighted by molar-refractivity contribution is -0.129. The molecule has 2 aromatic heterocycles. The molecule has 142 valence electrons. The molecule has 6 nitrogen and oxygen atoms in total. The molecule has 2 aliphatic rings. The second-order valence-corrected chi connectivity index (χ2v) is 8.21. The van der Waals surface area contributed by atoms with Crippen molar-refractivity contribution in [3.05, 3.63) is 59.9 Å². The monoisotopic (exact) mass is 391 g/mol. The summed E-state index contributed by atoms with van der Waals surface area (Å²) in [7, 11) is 0. The molecule has 0 bridgehead atoms. The predicted molar refractivity (Wildman–Crippen MR) is 108 cm³/mol. The van der Waals surface area contributed by atoms with Crippen molar-refractivity contribution in [2.45, 2.75) is 37.0 Å². The van der Waals surface area contributed by atoms with E-state index >= 15 is 0 Å². The minimum absolute atomic E-state index is 0.162. The summed E-state index contributed by atoms with van der Waals surface area (Å²) < 4.78 is 2.19. The standard InChI is InChI=1S/C21H21N5OS/c27-19(25-12-9-15-3-1-2-4-17(15)13-25)14-28-21-24-23-20(26(21)18-5-6-18)16-7-10-22-11-8-16/h1-4,7-8,10-11,18H,5-6,9,12-14H2. The van der Waals surface area contributed by atoms with Crippen LogP contribution in [0.1, 0.15) is 30.0 Å². The van der Waals surface area contributed by atoms with Gasteiger partial charge in [-0.1, -0.05) is 36.0 Å². The van der Waals surface area contributed by atoms with Gasteiger partial charge in [-0.3, -0.25) is 14.3 Å². The number of hydrogen-bond donors (Lipinski definition) is 0. The van der Waals surface area contributed by atoms with Crippen LogP contribution in [0.15, 0.2) is 53.9 Å². The molecular formula is C21H21N5OS. The van der Waals surface area contributed by atoms with E-state index in [9.17, 15) is 4.79 Å². The minimum Gasteiger partial charge on any atom is -0.337 e. The minimum atomic E-state index is 0.162. The van der Waals surface area contributed by atoms with Gasteiger partial charge in [0.25, 0.3) is 0 Å². The van der Waals surface area contributed by atoms with Crippen molar-refractivity contribution >= 4 is 17.7 Å². The SMILES string of the molecule is O=C(CSc1nnc(-c2ccncc2)n1C1CC1)N1CCc2ccccc2C1. The van der Waals surface area contributed by atoms with E-state index in [4.69, 9.17) is 0 Å². The fourth-order valence-electron chi connectivity index (χ4n) is 3.66. The van der Waals surface area contributed by atoms with Crippen molar-refractivity contribution in [3.63, 3.8) is 0 Å². The molecule has 7 heteroatoms. The van der Waals surface area contributed by atoms with E-state index in [0.29, 0.717) is 18.3 Å². The lowest BCUT2D eigenvalue weighted by Crippen LogP contribution is -2.37. The number of benzene rings is 1. The third kappa shape index (κ3) is 3.42. The van der Waals surface area contributed by atoms with Gasteiger partial charge in [0.2, 0.25) is 5.91 Å². The number of nitrogens with zero attached hydrogens (tertiary/aromatic N) is 5. The highest BCUT2D eigenvalue weighted by Gasteiger charge is 2.30. The highest BCUT2D eigenvalue weighted by molar-refractivity contribution is 7.99. The lowest BCUT2D eigenvalue weighted by atomic mass is 10.00. The Labute approximate surface area is 168 Å². The Morgan fingerprint density at radius 3 is 2.64 bits per heavy atom. The Morgan fingerprint density at radius 1 is 1.07 bits per heavy atom. The molecule has 0 radical (unpaired) electrons. The van der Waals surface area contributed by atoms with E-state index < -0.39 is 0 Å². The van der Waals surface area contributed by atoms with E-state index in [1.165, 1.54) is 22.9 Å². The van der Waals surface area contributed by atoms with Crippen molar-refractivity contribution in [3.8, 4) is 11.4 Å². The zero-order valence-electron chi connectivity index (χ0n) is 15.5. The van der Waals surface area contributed by atoms with E-state index in [1.807, 2.05) is 23.1 Å². The maximum Gasteiger partial charge on any atom is 0.233 e. The normalized spacial score (nSPS) is 16.1. The van der Waals surface area contributed by atoms with Crippen molar-refractivity contribution in [1.29, 1.82) is 0 Å². The van der Waals surface area contributed by atoms with Gasteiger partial charge in [0.15, 0.2) is 11.0 Å². The second-order valence-electron chi connectivity index (χ2n) is 7.27. The molecule has 1 aromatic carbocycles. The third-order valence-corrected chi connectivity index (χ3v) is 6.25. The number of carbonyl (C=O) groups excluding carboxylic acids is 1. The Hall–Kier alpha value is -2.67. The van der Waals surface area contributed by atoms with E-state index in [0.717, 1.165) is 42.4 Å². The summed E-state index contributed by atoms with van der Waals surface area (Å²) in [6.45, 7) is 1.49. The number of hydrogen-bond acceptors (Lipinski definition) is 5. The van der Waals surface area contributed by atoms with Gasteiger partial charge in [0, 0.05) is 37.1 Å². The topological polar surface area (TPSA) is 63.9 Å². The number of thioether (sulfide) groups is 1. The Balaban J connectivity index is 1.30. The molecule has 1 fully saturated rings. The second kappa shape index (κ2) is 7.39. The van der Waals surface area contributed by atoms with Crippen LogP contribution < -0.4 is 0 Å². The molecule has 0 atom stereocenters. The molecule has 28 heavy (non-hydrogen) atoms. The summed E-state index contributed by atoms with van der Waals surface area (Å²) in [5.41, 5.74) is 3.63. The van der Waals surface area contributed by atoms with Crippen LogP contribution in [0.25, 0.3) is 11.4 Å². The smallest absolute Gasteiger partial charge is 0.233 e. The molecule has 0 N–H and O–H groups in total. The Bertz CT molecular complexity index is 999. The van der Waals surface area contributed by atoms with Crippen molar-refractivity contribution in [2.75, 3.05) is 12.3 Å². The first-order chi connectivity index (χ1) is 13.8. The highest BCUT2D eigenvalue weighted by atomic mass is 32.2. The molecule has 1 aliphatic heterocycles. The summed E-state index contributed by atoms with van der Waals surface area (Å²) in [6.07, 6.45) is 6.75. The van der Waals surface area contributed by atoms with Gasteiger partial charge < -0.3 is 4.90 Å². The molecule has 3 aromatic rings. The Kier molecular flexibility index (Phi) is 4.60. The van der Waals surface area contributed by atoms with Gasteiger partial charge in [-0.25, -0.2) is 0 Å². The van der Waals surface area contributed by atoms with Gasteiger partial charge in [0.05, 0.1) is 5.75 Å². The largest absolute Gasteiger partial charge is 0.337 e. The van der Waals surface area contributed by atoms with Gasteiger partial charge in [-0.2, -0.15) is 0 Å². The summed E-state index contributed by atoms with van der Waals surface area (Å²) in [6, 6.07) is 12.7. The highest BCUT2D eigenvalue weighted by Crippen LogP contribution is 2.41. The number of amides is 1. The predicted octanol–water partition coefficient (Wildman–Crippen LogP) is 3.35. The van der Waals surface area contributed by atoms with E-state index in [1.54, 1.807) is 12.4 Å². The van der Waals surface area contributed by atoms with Crippen molar-refractivity contribution < 1.29 is 4.79 Å². The quantitative estimate of drug-likeness (QED) is 0.624. The van der Waals surface area contributed by atoms with Crippen LogP contribution in [-0.2, 0) is 17.8 Å². The van der Waals surface area contributed by atoms with E-state index in [2.05, 4.69) is 37.9 Å². The van der Waals surface area contributed by atoms with Crippen LogP contribution in [0.3, 0.4) is 0 Å². The summed E-state index contributed by atoms with van der Waals surface area (Å²) in [4.78, 5) is 18.8. The van der Waals surface area contributed by atoms with Crippen molar-refractivity contribution in [2.24, 2.45) is 0 Å². The summed E-state index contributed by atoms with van der Waals surface area (Å²) in [5.74, 6) is 1.42. The first-order valence-electron chi connectivity index (χ1n) is 9.62. The number of pyridine rings is 1. The first-order valence-corrected chi connectivity index (χ1v) is 10.6. The number of carbonyl (C=O) groups is 1. The van der Waals surface area contributed by atoms with Crippen LogP contribution in [0, 0.1) is 0 Å². The van der Waals surface area contributed by atoms with Gasteiger partial charge in [0.1, 0.15) is 0 Å². The average molecular weight is 392 g/mol. The molecule has 5 rings (SSSR count). The Morgan fingerprint density at radius 2 is 1.86 bits per heavy atom. The molecule has 1 aliphatic carbocycles. The zero-order chi connectivity index (χ0) is 18.9. The van der Waals surface area contributed by atoms with Gasteiger partial charge in [-0.15, -0.1) is 10.2 Å². The molecule has 0 saturated heterocycles. The number of aromatic nitrogens is 4. The fraction of sp³-hybridized carbons (Fsp3) is 0.333.